The lowest BCUT2D eigenvalue weighted by Crippen LogP contribution is -2.40. The highest BCUT2D eigenvalue weighted by atomic mass is 79.9. The molecule has 1 saturated heterocycles. The minimum Gasteiger partial charge on any atom is -0.496 e. The molecule has 2 atom stereocenters. The average Bonchev–Trinajstić information content (AvgIpc) is 3.29. The molecule has 2 unspecified atom stereocenters. The largest absolute Gasteiger partial charge is 0.496 e. The van der Waals surface area contributed by atoms with E-state index in [2.05, 4.69) is 51.4 Å². The van der Waals surface area contributed by atoms with Crippen molar-refractivity contribution < 1.29 is 4.74 Å². The normalized spacial score (nSPS) is 26.8. The molecule has 2 aliphatic rings. The number of halogens is 1. The Morgan fingerprint density at radius 1 is 1.33 bits per heavy atom. The van der Waals surface area contributed by atoms with Crippen LogP contribution in [-0.4, -0.2) is 38.2 Å². The zero-order valence-electron chi connectivity index (χ0n) is 12.9. The summed E-state index contributed by atoms with van der Waals surface area (Å²) in [7, 11) is 3.97. The van der Waals surface area contributed by atoms with E-state index in [9.17, 15) is 0 Å². The summed E-state index contributed by atoms with van der Waals surface area (Å²) in [5.41, 5.74) is 1.40. The Bertz CT molecular complexity index is 490. The molecule has 2 fully saturated rings. The Labute approximate surface area is 136 Å². The first-order chi connectivity index (χ1) is 10.2. The minimum absolute atomic E-state index is 0.507. The van der Waals surface area contributed by atoms with Crippen LogP contribution >= 0.6 is 15.9 Å². The van der Waals surface area contributed by atoms with Crippen LogP contribution in [0.3, 0.4) is 0 Å². The summed E-state index contributed by atoms with van der Waals surface area (Å²) in [6.45, 7) is 2.33. The van der Waals surface area contributed by atoms with E-state index in [4.69, 9.17) is 4.74 Å². The molecule has 116 valence electrons. The number of nitrogens with zero attached hydrogens (tertiary/aromatic N) is 1. The molecule has 1 heterocycles. The van der Waals surface area contributed by atoms with Crippen molar-refractivity contribution in [2.45, 2.75) is 37.8 Å². The zero-order chi connectivity index (χ0) is 14.8. The van der Waals surface area contributed by atoms with E-state index in [1.54, 1.807) is 7.11 Å². The van der Waals surface area contributed by atoms with Gasteiger partial charge in [0.25, 0.3) is 0 Å². The van der Waals surface area contributed by atoms with Crippen LogP contribution in [0.15, 0.2) is 22.7 Å². The van der Waals surface area contributed by atoms with Crippen molar-refractivity contribution in [2.24, 2.45) is 5.92 Å². The molecular weight excluding hydrogens is 328 g/mol. The number of benzene rings is 1. The van der Waals surface area contributed by atoms with E-state index in [-0.39, 0.29) is 0 Å². The van der Waals surface area contributed by atoms with Crippen LogP contribution in [-0.2, 0) is 0 Å². The van der Waals surface area contributed by atoms with E-state index < -0.39 is 0 Å². The summed E-state index contributed by atoms with van der Waals surface area (Å²) in [4.78, 5) is 2.51. The van der Waals surface area contributed by atoms with Crippen LogP contribution in [0.4, 0.5) is 0 Å². The van der Waals surface area contributed by atoms with Crippen LogP contribution < -0.4 is 10.1 Å². The maximum atomic E-state index is 5.36. The Balaban J connectivity index is 1.78. The number of likely N-dealkylation sites (tertiary alicyclic amines) is 1. The van der Waals surface area contributed by atoms with Gasteiger partial charge in [0.05, 0.1) is 11.6 Å². The number of hydrogen-bond donors (Lipinski definition) is 1. The molecule has 1 aliphatic carbocycles. The summed E-state index contributed by atoms with van der Waals surface area (Å²) in [5.74, 6) is 1.61. The zero-order valence-corrected chi connectivity index (χ0v) is 14.5. The lowest BCUT2D eigenvalue weighted by Gasteiger charge is -2.40. The van der Waals surface area contributed by atoms with Crippen molar-refractivity contribution in [3.05, 3.63) is 28.2 Å². The summed E-state index contributed by atoms with van der Waals surface area (Å²) < 4.78 is 6.41. The van der Waals surface area contributed by atoms with Crippen LogP contribution in [0.25, 0.3) is 0 Å². The predicted octanol–water partition coefficient (Wildman–Crippen LogP) is 3.59. The van der Waals surface area contributed by atoms with E-state index in [0.717, 1.165) is 22.8 Å². The van der Waals surface area contributed by atoms with Gasteiger partial charge in [0.15, 0.2) is 0 Å². The van der Waals surface area contributed by atoms with Crippen LogP contribution in [0, 0.1) is 5.92 Å². The summed E-state index contributed by atoms with van der Waals surface area (Å²) >= 11 is 3.63. The molecule has 0 spiro atoms. The lowest BCUT2D eigenvalue weighted by molar-refractivity contribution is 0.119. The maximum absolute atomic E-state index is 5.36. The van der Waals surface area contributed by atoms with Gasteiger partial charge in [-0.25, -0.2) is 0 Å². The number of methoxy groups -OCH3 is 1. The Hall–Kier alpha value is -0.580. The van der Waals surface area contributed by atoms with Gasteiger partial charge in [-0.15, -0.1) is 0 Å². The quantitative estimate of drug-likeness (QED) is 0.876. The molecule has 1 N–H and O–H groups in total. The van der Waals surface area contributed by atoms with Gasteiger partial charge in [0.1, 0.15) is 5.75 Å². The average molecular weight is 353 g/mol. The van der Waals surface area contributed by atoms with Crippen molar-refractivity contribution in [3.8, 4) is 5.75 Å². The minimum atomic E-state index is 0.507. The van der Waals surface area contributed by atoms with Gasteiger partial charge < -0.3 is 10.1 Å². The van der Waals surface area contributed by atoms with Crippen LogP contribution in [0.5, 0.6) is 5.75 Å². The van der Waals surface area contributed by atoms with E-state index >= 15 is 0 Å². The van der Waals surface area contributed by atoms with Gasteiger partial charge in [0, 0.05) is 18.6 Å². The third-order valence-electron chi connectivity index (χ3n) is 4.77. The molecule has 0 radical (unpaired) electrons. The number of hydrogen-bond acceptors (Lipinski definition) is 3. The first kappa shape index (κ1) is 15.3. The molecular formula is C17H25BrN2O. The third-order valence-corrected chi connectivity index (χ3v) is 5.39. The van der Waals surface area contributed by atoms with Crippen molar-refractivity contribution in [3.63, 3.8) is 0 Å². The van der Waals surface area contributed by atoms with Crippen molar-refractivity contribution >= 4 is 15.9 Å². The highest BCUT2D eigenvalue weighted by Gasteiger charge is 2.32. The molecule has 3 rings (SSSR count). The van der Waals surface area contributed by atoms with E-state index in [1.165, 1.54) is 37.8 Å². The molecule has 0 bridgehead atoms. The van der Waals surface area contributed by atoms with Gasteiger partial charge in [-0.2, -0.15) is 0 Å². The van der Waals surface area contributed by atoms with Gasteiger partial charge in [-0.05, 0) is 78.8 Å². The fourth-order valence-corrected chi connectivity index (χ4v) is 4.03. The molecule has 21 heavy (non-hydrogen) atoms. The number of nitrogens with one attached hydrogen (secondary N) is 1. The van der Waals surface area contributed by atoms with E-state index in [0.29, 0.717) is 12.0 Å². The first-order valence-electron chi connectivity index (χ1n) is 7.96. The monoisotopic (exact) mass is 352 g/mol. The second-order valence-corrected chi connectivity index (χ2v) is 7.26. The molecule has 4 heteroatoms. The summed E-state index contributed by atoms with van der Waals surface area (Å²) in [6.07, 6.45) is 5.35. The lowest BCUT2D eigenvalue weighted by atomic mass is 9.85. The fraction of sp³-hybridized carbons (Fsp3) is 0.647. The molecule has 3 nitrogen and oxygen atoms in total. The Morgan fingerprint density at radius 3 is 2.81 bits per heavy atom. The summed E-state index contributed by atoms with van der Waals surface area (Å²) in [6, 6.07) is 7.83. The second kappa shape index (κ2) is 6.67. The molecule has 0 amide bonds. The standard InChI is InChI=1S/C17H25BrN2O/c1-20-9-3-4-13(11-19-14-6-7-14)17(20)12-5-8-16(21-2)15(18)10-12/h5,8,10,13-14,17,19H,3-4,6-7,9,11H2,1-2H3. The van der Waals surface area contributed by atoms with Crippen molar-refractivity contribution in [1.29, 1.82) is 0 Å². The van der Waals surface area contributed by atoms with Crippen molar-refractivity contribution in [2.75, 3.05) is 27.2 Å². The SMILES string of the molecule is COc1ccc(C2C(CNC3CC3)CCCN2C)cc1Br. The first-order valence-corrected chi connectivity index (χ1v) is 8.75. The van der Waals surface area contributed by atoms with E-state index in [1.807, 2.05) is 0 Å². The Morgan fingerprint density at radius 2 is 2.14 bits per heavy atom. The van der Waals surface area contributed by atoms with Crippen molar-refractivity contribution in [1.82, 2.24) is 10.2 Å². The van der Waals surface area contributed by atoms with Gasteiger partial charge in [-0.3, -0.25) is 4.90 Å². The number of piperidine rings is 1. The number of rotatable bonds is 5. The third kappa shape index (κ3) is 3.61. The molecule has 1 saturated carbocycles. The molecule has 1 aromatic carbocycles. The fourth-order valence-electron chi connectivity index (χ4n) is 3.47. The topological polar surface area (TPSA) is 24.5 Å². The van der Waals surface area contributed by atoms with Gasteiger partial charge in [0.2, 0.25) is 0 Å². The molecule has 1 aromatic rings. The van der Waals surface area contributed by atoms with Crippen LogP contribution in [0.1, 0.15) is 37.3 Å². The molecule has 1 aliphatic heterocycles. The number of ether oxygens (including phenoxy) is 1. The van der Waals surface area contributed by atoms with Gasteiger partial charge in [-0.1, -0.05) is 6.07 Å². The smallest absolute Gasteiger partial charge is 0.133 e. The highest BCUT2D eigenvalue weighted by Crippen LogP contribution is 2.38. The van der Waals surface area contributed by atoms with Gasteiger partial charge >= 0.3 is 0 Å². The van der Waals surface area contributed by atoms with Crippen LogP contribution in [0.2, 0.25) is 0 Å². The molecule has 0 aromatic heterocycles. The highest BCUT2D eigenvalue weighted by molar-refractivity contribution is 9.10. The summed E-state index contributed by atoms with van der Waals surface area (Å²) in [5, 5.41) is 3.72. The predicted molar refractivity (Wildman–Crippen MR) is 89.8 cm³/mol. The Kier molecular flexibility index (Phi) is 4.87. The maximum Gasteiger partial charge on any atom is 0.133 e. The second-order valence-electron chi connectivity index (χ2n) is 6.40.